The maximum absolute atomic E-state index is 13.6. The second-order valence-corrected chi connectivity index (χ2v) is 13.1. The van der Waals surface area contributed by atoms with Crippen molar-refractivity contribution in [1.82, 2.24) is 19.9 Å². The number of aryl methyl sites for hydroxylation is 2. The van der Waals surface area contributed by atoms with Gasteiger partial charge in [-0.1, -0.05) is 60.7 Å². The van der Waals surface area contributed by atoms with Crippen LogP contribution in [-0.4, -0.2) is 87.7 Å². The van der Waals surface area contributed by atoms with Crippen molar-refractivity contribution in [2.24, 2.45) is 16.5 Å². The van der Waals surface area contributed by atoms with E-state index in [-0.39, 0.29) is 24.1 Å². The van der Waals surface area contributed by atoms with Crippen molar-refractivity contribution in [2.75, 3.05) is 18.4 Å². The Morgan fingerprint density at radius 2 is 1.36 bits per heavy atom. The Labute approximate surface area is 344 Å². The van der Waals surface area contributed by atoms with E-state index in [1.807, 2.05) is 60.7 Å². The fraction of sp³-hybridized carbons (Fsp3) is 0.324. The Morgan fingerprint density at radius 3 is 1.84 bits per heavy atom. The molecular formula is C37H37F9N8O6S. The number of Topliss-reactive ketones (excluding diaryl/α,β-unsaturated/α-hetero) is 3. The van der Waals surface area contributed by atoms with E-state index in [1.165, 1.54) is 22.1 Å². The van der Waals surface area contributed by atoms with Crippen molar-refractivity contribution in [3.63, 3.8) is 0 Å². The summed E-state index contributed by atoms with van der Waals surface area (Å²) in [5, 5.41) is 7.94. The number of amides is 1. The summed E-state index contributed by atoms with van der Waals surface area (Å²) < 4.78 is 99.6. The van der Waals surface area contributed by atoms with Crippen LogP contribution in [0.15, 0.2) is 88.2 Å². The Morgan fingerprint density at radius 1 is 0.820 bits per heavy atom. The minimum atomic E-state index is -5.77. The van der Waals surface area contributed by atoms with E-state index < -0.39 is 53.9 Å². The number of ketones is 3. The zero-order valence-electron chi connectivity index (χ0n) is 31.5. The first-order valence-electron chi connectivity index (χ1n) is 17.5. The highest BCUT2D eigenvalue weighted by Gasteiger charge is 2.54. The van der Waals surface area contributed by atoms with Gasteiger partial charge in [-0.2, -0.15) is 39.5 Å². The quantitative estimate of drug-likeness (QED) is 0.0219. The molecule has 330 valence electrons. The molecule has 2 heterocycles. The molecule has 0 aliphatic rings. The molecule has 0 radical (unpaired) electrons. The number of thiazole rings is 1. The van der Waals surface area contributed by atoms with Gasteiger partial charge in [0.05, 0.1) is 6.04 Å². The van der Waals surface area contributed by atoms with Crippen LogP contribution in [-0.2, 0) is 45.0 Å². The molecule has 61 heavy (non-hydrogen) atoms. The molecule has 14 nitrogen and oxygen atoms in total. The van der Waals surface area contributed by atoms with E-state index >= 15 is 0 Å². The number of hydrogen-bond donors (Lipinski definition) is 4. The van der Waals surface area contributed by atoms with E-state index in [4.69, 9.17) is 16.3 Å². The van der Waals surface area contributed by atoms with Crippen LogP contribution >= 0.6 is 11.3 Å². The van der Waals surface area contributed by atoms with Crippen LogP contribution in [0, 0.1) is 0 Å². The number of aldehydes is 1. The van der Waals surface area contributed by atoms with Crippen molar-refractivity contribution < 1.29 is 63.5 Å². The lowest BCUT2D eigenvalue weighted by Crippen LogP contribution is -2.44. The number of aliphatic imine (C=N–C) groups is 1. The number of nitrogens with two attached hydrogens (primary N) is 2. The summed E-state index contributed by atoms with van der Waals surface area (Å²) in [6.45, 7) is 0.543. The van der Waals surface area contributed by atoms with Gasteiger partial charge < -0.3 is 22.1 Å². The van der Waals surface area contributed by atoms with Gasteiger partial charge in [0.1, 0.15) is 6.54 Å². The van der Waals surface area contributed by atoms with Gasteiger partial charge in [-0.15, -0.1) is 11.3 Å². The van der Waals surface area contributed by atoms with Gasteiger partial charge in [-0.25, -0.2) is 9.97 Å². The average molecular weight is 893 g/mol. The minimum Gasteiger partial charge on any atom is -0.370 e. The van der Waals surface area contributed by atoms with Gasteiger partial charge >= 0.3 is 30.1 Å². The zero-order chi connectivity index (χ0) is 45.8. The molecule has 24 heteroatoms. The third-order valence-corrected chi connectivity index (χ3v) is 8.38. The molecule has 0 saturated carbocycles. The monoisotopic (exact) mass is 892 g/mol. The van der Waals surface area contributed by atoms with Gasteiger partial charge in [0.25, 0.3) is 5.56 Å². The third kappa shape index (κ3) is 19.0. The lowest BCUT2D eigenvalue weighted by Gasteiger charge is -2.19. The summed E-state index contributed by atoms with van der Waals surface area (Å²) in [6, 6.07) is 19.0. The van der Waals surface area contributed by atoms with E-state index in [1.54, 1.807) is 11.6 Å². The molecule has 4 aromatic rings. The number of anilines is 1. The summed E-state index contributed by atoms with van der Waals surface area (Å²) in [6.07, 6.45) is -11.4. The Balaban J connectivity index is 0.000000593. The molecule has 0 fully saturated rings. The number of aromatic nitrogens is 3. The fourth-order valence-corrected chi connectivity index (χ4v) is 5.44. The normalized spacial score (nSPS) is 11.7. The average Bonchev–Trinajstić information content (AvgIpc) is 3.75. The highest BCUT2D eigenvalue weighted by atomic mass is 32.1. The first kappa shape index (κ1) is 50.7. The number of carbonyl (C=O) groups is 5. The SMILES string of the molecule is NC(N)=NCCC[C@H](NC(=O)Cn1c(CCc2ccccc2)cnc(NCCc2ccccc2)c1=O)C(=O)c1nccs1.O=C(C(=O)C(F)(F)F)C(F)(F)F.O=CC(F)(F)F. The largest absolute Gasteiger partial charge is 0.458 e. The molecule has 0 aliphatic carbocycles. The molecule has 0 unspecified atom stereocenters. The van der Waals surface area contributed by atoms with E-state index in [9.17, 15) is 63.5 Å². The van der Waals surface area contributed by atoms with E-state index in [0.717, 1.165) is 11.1 Å². The summed E-state index contributed by atoms with van der Waals surface area (Å²) in [5.41, 5.74) is 13.3. The number of hydrogen-bond acceptors (Lipinski definition) is 11. The van der Waals surface area contributed by atoms with Gasteiger partial charge in [-0.3, -0.25) is 38.3 Å². The van der Waals surface area contributed by atoms with E-state index in [2.05, 4.69) is 25.6 Å². The topological polar surface area (TPSA) is 222 Å². The molecule has 0 spiro atoms. The molecule has 0 aliphatic heterocycles. The maximum Gasteiger partial charge on any atom is 0.458 e. The smallest absolute Gasteiger partial charge is 0.370 e. The molecule has 0 saturated heterocycles. The van der Waals surface area contributed by atoms with Crippen LogP contribution in [0.2, 0.25) is 0 Å². The standard InChI is InChI=1S/C31H36N8O3S.C4F6O2.C2HF3O/c32-31(33)36-16-7-12-25(27(41)29-35-18-19-43-29)38-26(40)21-39-24(14-13-22-8-3-1-4-9-22)20-37-28(30(39)42)34-17-15-23-10-5-2-6-11-23;5-3(6,7)1(11)2(12)4(8,9)10;3-2(4,5)1-6/h1-6,8-11,18-20,25H,7,12-17,21H2,(H,34,37)(H,38,40)(H4,32,33,36);;1H/t25-;;/m0../s1. The van der Waals surface area contributed by atoms with Crippen molar-refractivity contribution in [1.29, 1.82) is 0 Å². The Hall–Kier alpha value is -6.46. The lowest BCUT2D eigenvalue weighted by atomic mass is 10.1. The summed E-state index contributed by atoms with van der Waals surface area (Å²) in [4.78, 5) is 80.6. The molecular weight excluding hydrogens is 856 g/mol. The number of carbonyl (C=O) groups excluding carboxylic acids is 5. The molecule has 2 aromatic carbocycles. The predicted octanol–water partition coefficient (Wildman–Crippen LogP) is 4.56. The number of benzene rings is 2. The highest BCUT2D eigenvalue weighted by molar-refractivity contribution is 7.11. The lowest BCUT2D eigenvalue weighted by molar-refractivity contribution is -0.193. The second kappa shape index (κ2) is 24.0. The zero-order valence-corrected chi connectivity index (χ0v) is 32.3. The predicted molar refractivity (Wildman–Crippen MR) is 204 cm³/mol. The molecule has 0 bridgehead atoms. The third-order valence-electron chi connectivity index (χ3n) is 7.60. The van der Waals surface area contributed by atoms with Gasteiger partial charge in [0.2, 0.25) is 18.0 Å². The van der Waals surface area contributed by atoms with Crippen molar-refractivity contribution in [2.45, 2.75) is 63.2 Å². The first-order valence-corrected chi connectivity index (χ1v) is 18.4. The van der Waals surface area contributed by atoms with Crippen molar-refractivity contribution in [3.05, 3.63) is 111 Å². The Bertz CT molecular complexity index is 2100. The first-order chi connectivity index (χ1) is 28.5. The molecule has 2 aromatic heterocycles. The molecule has 4 rings (SSSR count). The maximum atomic E-state index is 13.6. The van der Waals surface area contributed by atoms with Gasteiger partial charge in [0.15, 0.2) is 16.8 Å². The molecule has 6 N–H and O–H groups in total. The number of alkyl halides is 9. The van der Waals surface area contributed by atoms with Crippen molar-refractivity contribution >= 4 is 52.7 Å². The number of nitrogens with one attached hydrogen (secondary N) is 2. The molecule has 1 amide bonds. The number of rotatable bonds is 17. The number of nitrogens with zero attached hydrogens (tertiary/aromatic N) is 4. The second-order valence-electron chi connectivity index (χ2n) is 12.2. The van der Waals surface area contributed by atoms with Crippen LogP contribution in [0.3, 0.4) is 0 Å². The highest BCUT2D eigenvalue weighted by Crippen LogP contribution is 2.24. The van der Waals surface area contributed by atoms with Gasteiger partial charge in [0, 0.05) is 36.6 Å². The fourth-order valence-electron chi connectivity index (χ4n) is 4.81. The van der Waals surface area contributed by atoms with Crippen LogP contribution in [0.25, 0.3) is 0 Å². The minimum absolute atomic E-state index is 0.0416. The summed E-state index contributed by atoms with van der Waals surface area (Å²) in [5.74, 6) is -7.46. The summed E-state index contributed by atoms with van der Waals surface area (Å²) in [7, 11) is 0. The Kier molecular flexibility index (Phi) is 19.9. The molecule has 1 atom stereocenters. The van der Waals surface area contributed by atoms with Crippen LogP contribution in [0.4, 0.5) is 45.3 Å². The van der Waals surface area contributed by atoms with Crippen LogP contribution < -0.4 is 27.7 Å². The van der Waals surface area contributed by atoms with Crippen LogP contribution in [0.1, 0.15) is 39.5 Å². The van der Waals surface area contributed by atoms with Gasteiger partial charge in [-0.05, 0) is 43.2 Å². The van der Waals surface area contributed by atoms with E-state index in [0.29, 0.717) is 55.9 Å². The number of halogens is 9. The van der Waals surface area contributed by atoms with Crippen LogP contribution in [0.5, 0.6) is 0 Å². The van der Waals surface area contributed by atoms with Crippen molar-refractivity contribution in [3.8, 4) is 0 Å². The summed E-state index contributed by atoms with van der Waals surface area (Å²) >= 11 is 1.20. The number of guanidine groups is 1.